The monoisotopic (exact) mass is 219 g/mol. The van der Waals surface area contributed by atoms with Crippen molar-refractivity contribution in [3.05, 3.63) is 47.4 Å². The van der Waals surface area contributed by atoms with Crippen molar-refractivity contribution in [3.63, 3.8) is 0 Å². The van der Waals surface area contributed by atoms with Crippen LogP contribution in [0.3, 0.4) is 0 Å². The molecule has 0 saturated carbocycles. The molecule has 0 aromatic carbocycles. The molecule has 0 radical (unpaired) electrons. The first-order valence-corrected chi connectivity index (χ1v) is 4.94. The third kappa shape index (κ3) is 2.44. The molecule has 0 aliphatic heterocycles. The van der Waals surface area contributed by atoms with E-state index in [1.54, 1.807) is 24.5 Å². The van der Waals surface area contributed by atoms with Crippen molar-refractivity contribution in [1.29, 1.82) is 0 Å². The van der Waals surface area contributed by atoms with Gasteiger partial charge in [-0.2, -0.15) is 0 Å². The largest absolute Gasteiger partial charge is 0.338 e. The van der Waals surface area contributed by atoms with Crippen LogP contribution in [-0.2, 0) is 0 Å². The van der Waals surface area contributed by atoms with Crippen LogP contribution in [0.1, 0.15) is 5.69 Å². The summed E-state index contributed by atoms with van der Waals surface area (Å²) in [6.45, 7) is 1.94. The van der Waals surface area contributed by atoms with Gasteiger partial charge in [0.05, 0.1) is 16.9 Å². The van der Waals surface area contributed by atoms with Crippen molar-refractivity contribution in [2.75, 3.05) is 5.32 Å². The topological polar surface area (TPSA) is 37.8 Å². The Hall–Kier alpha value is -1.61. The van der Waals surface area contributed by atoms with Crippen molar-refractivity contribution in [3.8, 4) is 0 Å². The number of hydrogen-bond acceptors (Lipinski definition) is 3. The van der Waals surface area contributed by atoms with Crippen molar-refractivity contribution in [2.24, 2.45) is 0 Å². The van der Waals surface area contributed by atoms with E-state index < -0.39 is 0 Å². The molecule has 0 aliphatic carbocycles. The molecule has 2 aromatic heterocycles. The van der Waals surface area contributed by atoms with Crippen molar-refractivity contribution < 1.29 is 0 Å². The van der Waals surface area contributed by atoms with Gasteiger partial charge in [-0.3, -0.25) is 4.98 Å². The van der Waals surface area contributed by atoms with Crippen LogP contribution < -0.4 is 5.32 Å². The Balaban J connectivity index is 2.22. The van der Waals surface area contributed by atoms with Gasteiger partial charge in [-0.15, -0.1) is 0 Å². The van der Waals surface area contributed by atoms with Gasteiger partial charge in [-0.25, -0.2) is 4.98 Å². The predicted octanol–water partition coefficient (Wildman–Crippen LogP) is 3.18. The lowest BCUT2D eigenvalue weighted by molar-refractivity contribution is 1.19. The summed E-state index contributed by atoms with van der Waals surface area (Å²) >= 11 is 5.96. The Morgan fingerprint density at radius 1 is 1.20 bits per heavy atom. The lowest BCUT2D eigenvalue weighted by Crippen LogP contribution is -1.94. The highest BCUT2D eigenvalue weighted by atomic mass is 35.5. The molecule has 0 fully saturated rings. The molecule has 2 heterocycles. The SMILES string of the molecule is Cc1ccc(Nc2ncccc2Cl)cn1. The summed E-state index contributed by atoms with van der Waals surface area (Å²) in [6.07, 6.45) is 3.44. The molecule has 2 aromatic rings. The average Bonchev–Trinajstić information content (AvgIpc) is 2.25. The number of aromatic nitrogens is 2. The third-order valence-electron chi connectivity index (χ3n) is 1.93. The molecule has 0 bridgehead atoms. The molecule has 0 saturated heterocycles. The molecule has 0 atom stereocenters. The van der Waals surface area contributed by atoms with Gasteiger partial charge >= 0.3 is 0 Å². The van der Waals surface area contributed by atoms with Crippen LogP contribution in [0.15, 0.2) is 36.7 Å². The highest BCUT2D eigenvalue weighted by molar-refractivity contribution is 6.33. The van der Waals surface area contributed by atoms with E-state index in [-0.39, 0.29) is 0 Å². The van der Waals surface area contributed by atoms with E-state index in [0.29, 0.717) is 10.8 Å². The fourth-order valence-electron chi connectivity index (χ4n) is 1.16. The summed E-state index contributed by atoms with van der Waals surface area (Å²) in [7, 11) is 0. The molecule has 3 nitrogen and oxygen atoms in total. The normalized spacial score (nSPS) is 10.0. The summed E-state index contributed by atoms with van der Waals surface area (Å²) < 4.78 is 0. The number of pyridine rings is 2. The molecule has 2 rings (SSSR count). The maximum absolute atomic E-state index is 5.96. The Morgan fingerprint density at radius 3 is 2.73 bits per heavy atom. The summed E-state index contributed by atoms with van der Waals surface area (Å²) in [5.74, 6) is 0.643. The number of halogens is 1. The van der Waals surface area contributed by atoms with Gasteiger partial charge in [-0.1, -0.05) is 11.6 Å². The Bertz CT molecular complexity index is 454. The van der Waals surface area contributed by atoms with E-state index in [1.807, 2.05) is 19.1 Å². The number of hydrogen-bond donors (Lipinski definition) is 1. The van der Waals surface area contributed by atoms with Gasteiger partial charge in [0, 0.05) is 11.9 Å². The molecule has 0 amide bonds. The molecule has 0 aliphatic rings. The number of aryl methyl sites for hydroxylation is 1. The third-order valence-corrected chi connectivity index (χ3v) is 2.24. The van der Waals surface area contributed by atoms with Crippen molar-refractivity contribution >= 4 is 23.1 Å². The second kappa shape index (κ2) is 4.28. The Labute approximate surface area is 93.1 Å². The fourth-order valence-corrected chi connectivity index (χ4v) is 1.32. The highest BCUT2D eigenvalue weighted by Crippen LogP contribution is 2.21. The quantitative estimate of drug-likeness (QED) is 0.843. The fraction of sp³-hybridized carbons (Fsp3) is 0.0909. The standard InChI is InChI=1S/C11H10ClN3/c1-8-4-5-9(7-14-8)15-11-10(12)3-2-6-13-11/h2-7H,1H3,(H,13,15). The van der Waals surface area contributed by atoms with Crippen LogP contribution in [0, 0.1) is 6.92 Å². The minimum atomic E-state index is 0.595. The molecule has 0 unspecified atom stereocenters. The van der Waals surface area contributed by atoms with Crippen molar-refractivity contribution in [1.82, 2.24) is 9.97 Å². The van der Waals surface area contributed by atoms with Gasteiger partial charge in [-0.05, 0) is 31.2 Å². The number of nitrogens with zero attached hydrogens (tertiary/aromatic N) is 2. The highest BCUT2D eigenvalue weighted by Gasteiger charge is 2.00. The summed E-state index contributed by atoms with van der Waals surface area (Å²) in [5, 5.41) is 3.69. The second-order valence-corrected chi connectivity index (χ2v) is 3.55. The molecule has 76 valence electrons. The maximum atomic E-state index is 5.96. The number of anilines is 2. The van der Waals surface area contributed by atoms with Crippen molar-refractivity contribution in [2.45, 2.75) is 6.92 Å². The van der Waals surface area contributed by atoms with Crippen LogP contribution in [0.25, 0.3) is 0 Å². The lowest BCUT2D eigenvalue weighted by Gasteiger charge is -2.06. The van der Waals surface area contributed by atoms with Gasteiger partial charge in [0.1, 0.15) is 5.82 Å². The van der Waals surface area contributed by atoms with Crippen LogP contribution >= 0.6 is 11.6 Å². The average molecular weight is 220 g/mol. The van der Waals surface area contributed by atoms with Crippen LogP contribution in [0.4, 0.5) is 11.5 Å². The Morgan fingerprint density at radius 2 is 2.07 bits per heavy atom. The Kier molecular flexibility index (Phi) is 2.83. The molecule has 4 heteroatoms. The van der Waals surface area contributed by atoms with Crippen LogP contribution in [0.2, 0.25) is 5.02 Å². The molecule has 1 N–H and O–H groups in total. The number of rotatable bonds is 2. The van der Waals surface area contributed by atoms with Gasteiger partial charge in [0.2, 0.25) is 0 Å². The van der Waals surface area contributed by atoms with E-state index in [4.69, 9.17) is 11.6 Å². The first-order valence-electron chi connectivity index (χ1n) is 4.56. The zero-order chi connectivity index (χ0) is 10.7. The smallest absolute Gasteiger partial charge is 0.149 e. The predicted molar refractivity (Wildman–Crippen MR) is 61.5 cm³/mol. The first-order chi connectivity index (χ1) is 7.25. The summed E-state index contributed by atoms with van der Waals surface area (Å²) in [4.78, 5) is 8.30. The van der Waals surface area contributed by atoms with E-state index >= 15 is 0 Å². The van der Waals surface area contributed by atoms with E-state index in [9.17, 15) is 0 Å². The first kappa shape index (κ1) is 9.93. The molecule has 0 spiro atoms. The van der Waals surface area contributed by atoms with E-state index in [1.165, 1.54) is 0 Å². The lowest BCUT2D eigenvalue weighted by atomic mass is 10.3. The van der Waals surface area contributed by atoms with E-state index in [0.717, 1.165) is 11.4 Å². The second-order valence-electron chi connectivity index (χ2n) is 3.15. The van der Waals surface area contributed by atoms with Gasteiger partial charge < -0.3 is 5.32 Å². The van der Waals surface area contributed by atoms with Crippen LogP contribution in [-0.4, -0.2) is 9.97 Å². The molecular formula is C11H10ClN3. The van der Waals surface area contributed by atoms with Crippen LogP contribution in [0.5, 0.6) is 0 Å². The zero-order valence-electron chi connectivity index (χ0n) is 8.24. The minimum absolute atomic E-state index is 0.595. The molecule has 15 heavy (non-hydrogen) atoms. The maximum Gasteiger partial charge on any atom is 0.149 e. The summed E-state index contributed by atoms with van der Waals surface area (Å²) in [5.41, 5.74) is 1.86. The van der Waals surface area contributed by atoms with Gasteiger partial charge in [0.15, 0.2) is 0 Å². The summed E-state index contributed by atoms with van der Waals surface area (Å²) in [6, 6.07) is 7.45. The minimum Gasteiger partial charge on any atom is -0.338 e. The molecular weight excluding hydrogens is 210 g/mol. The van der Waals surface area contributed by atoms with E-state index in [2.05, 4.69) is 15.3 Å². The number of nitrogens with one attached hydrogen (secondary N) is 1. The van der Waals surface area contributed by atoms with Gasteiger partial charge in [0.25, 0.3) is 0 Å². The zero-order valence-corrected chi connectivity index (χ0v) is 8.99.